The number of carbonyl (C=O) groups is 1. The van der Waals surface area contributed by atoms with Gasteiger partial charge in [-0.3, -0.25) is 14.9 Å². The SMILES string of the molecule is Cn1c(SCC(N)=O)nnc1-c1ccc([N+](=O)[O-])cc1. The molecule has 0 atom stereocenters. The molecule has 0 bridgehead atoms. The summed E-state index contributed by atoms with van der Waals surface area (Å²) >= 11 is 1.19. The Hall–Kier alpha value is -2.42. The second-order valence-electron chi connectivity index (χ2n) is 3.92. The predicted molar refractivity (Wildman–Crippen MR) is 73.0 cm³/mol. The highest BCUT2D eigenvalue weighted by Crippen LogP contribution is 2.24. The third-order valence-electron chi connectivity index (χ3n) is 2.51. The van der Waals surface area contributed by atoms with Gasteiger partial charge in [0.05, 0.1) is 10.7 Å². The molecule has 9 heteroatoms. The van der Waals surface area contributed by atoms with Gasteiger partial charge >= 0.3 is 0 Å². The summed E-state index contributed by atoms with van der Waals surface area (Å²) in [6.45, 7) is 0. The molecule has 2 N–H and O–H groups in total. The van der Waals surface area contributed by atoms with Crippen LogP contribution in [0.3, 0.4) is 0 Å². The van der Waals surface area contributed by atoms with Crippen molar-refractivity contribution in [1.82, 2.24) is 14.8 Å². The predicted octanol–water partition coefficient (Wildman–Crippen LogP) is 0.968. The van der Waals surface area contributed by atoms with Gasteiger partial charge in [-0.05, 0) is 12.1 Å². The van der Waals surface area contributed by atoms with E-state index < -0.39 is 10.8 Å². The van der Waals surface area contributed by atoms with Crippen molar-refractivity contribution < 1.29 is 9.72 Å². The van der Waals surface area contributed by atoms with Crippen LogP contribution in [0, 0.1) is 10.1 Å². The Morgan fingerprint density at radius 2 is 2.05 bits per heavy atom. The van der Waals surface area contributed by atoms with Gasteiger partial charge in [-0.2, -0.15) is 0 Å². The summed E-state index contributed by atoms with van der Waals surface area (Å²) in [7, 11) is 1.75. The van der Waals surface area contributed by atoms with Crippen molar-refractivity contribution in [2.75, 3.05) is 5.75 Å². The summed E-state index contributed by atoms with van der Waals surface area (Å²) in [5.74, 6) is 0.244. The van der Waals surface area contributed by atoms with Gasteiger partial charge in [0.25, 0.3) is 5.69 Å². The van der Waals surface area contributed by atoms with E-state index in [0.29, 0.717) is 16.5 Å². The van der Waals surface area contributed by atoms with E-state index in [4.69, 9.17) is 5.73 Å². The zero-order valence-corrected chi connectivity index (χ0v) is 11.3. The van der Waals surface area contributed by atoms with E-state index in [1.54, 1.807) is 23.7 Å². The van der Waals surface area contributed by atoms with Gasteiger partial charge in [0, 0.05) is 24.7 Å². The smallest absolute Gasteiger partial charge is 0.269 e. The van der Waals surface area contributed by atoms with Crippen molar-refractivity contribution in [3.8, 4) is 11.4 Å². The third kappa shape index (κ3) is 2.94. The topological polar surface area (TPSA) is 117 Å². The molecule has 1 amide bonds. The number of hydrogen-bond acceptors (Lipinski definition) is 6. The summed E-state index contributed by atoms with van der Waals surface area (Å²) in [5, 5.41) is 19.1. The molecule has 1 aromatic heterocycles. The Balaban J connectivity index is 2.24. The van der Waals surface area contributed by atoms with Crippen LogP contribution in [-0.4, -0.2) is 31.3 Å². The van der Waals surface area contributed by atoms with E-state index in [-0.39, 0.29) is 11.4 Å². The average Bonchev–Trinajstić information content (AvgIpc) is 2.78. The number of nitrogens with two attached hydrogens (primary N) is 1. The molecule has 0 spiro atoms. The third-order valence-corrected chi connectivity index (χ3v) is 3.56. The summed E-state index contributed by atoms with van der Waals surface area (Å²) in [4.78, 5) is 20.9. The van der Waals surface area contributed by atoms with Gasteiger partial charge in [-0.1, -0.05) is 11.8 Å². The zero-order valence-electron chi connectivity index (χ0n) is 10.5. The molecule has 0 fully saturated rings. The number of aromatic nitrogens is 3. The maximum atomic E-state index is 10.7. The number of thioether (sulfide) groups is 1. The maximum absolute atomic E-state index is 10.7. The monoisotopic (exact) mass is 293 g/mol. The van der Waals surface area contributed by atoms with Crippen LogP contribution >= 0.6 is 11.8 Å². The van der Waals surface area contributed by atoms with Crippen molar-refractivity contribution in [2.45, 2.75) is 5.16 Å². The van der Waals surface area contributed by atoms with Crippen LogP contribution < -0.4 is 5.73 Å². The molecular weight excluding hydrogens is 282 g/mol. The van der Waals surface area contributed by atoms with E-state index in [9.17, 15) is 14.9 Å². The Bertz CT molecular complexity index is 653. The molecule has 0 radical (unpaired) electrons. The van der Waals surface area contributed by atoms with Crippen LogP contribution in [-0.2, 0) is 11.8 Å². The van der Waals surface area contributed by atoms with Gasteiger partial charge in [-0.15, -0.1) is 10.2 Å². The first-order chi connectivity index (χ1) is 9.49. The molecule has 1 heterocycles. The summed E-state index contributed by atoms with van der Waals surface area (Å²) in [6.07, 6.45) is 0. The van der Waals surface area contributed by atoms with Crippen molar-refractivity contribution in [2.24, 2.45) is 12.8 Å². The zero-order chi connectivity index (χ0) is 14.7. The fourth-order valence-electron chi connectivity index (χ4n) is 1.56. The quantitative estimate of drug-likeness (QED) is 0.498. The first kappa shape index (κ1) is 14.0. The second kappa shape index (κ2) is 5.70. The van der Waals surface area contributed by atoms with Crippen LogP contribution in [0.4, 0.5) is 5.69 Å². The lowest BCUT2D eigenvalue weighted by Gasteiger charge is -2.02. The number of nitro benzene ring substituents is 1. The highest BCUT2D eigenvalue weighted by molar-refractivity contribution is 7.99. The van der Waals surface area contributed by atoms with Crippen LogP contribution in [0.1, 0.15) is 0 Å². The van der Waals surface area contributed by atoms with Crippen molar-refractivity contribution >= 4 is 23.4 Å². The van der Waals surface area contributed by atoms with Gasteiger partial charge in [-0.25, -0.2) is 0 Å². The molecule has 8 nitrogen and oxygen atoms in total. The Morgan fingerprint density at radius 1 is 1.40 bits per heavy atom. The minimum absolute atomic E-state index is 0.0132. The Labute approximate surface area is 118 Å². The molecule has 0 saturated carbocycles. The normalized spacial score (nSPS) is 10.4. The molecule has 2 rings (SSSR count). The first-order valence-electron chi connectivity index (χ1n) is 5.54. The lowest BCUT2D eigenvalue weighted by molar-refractivity contribution is -0.384. The molecule has 0 unspecified atom stereocenters. The van der Waals surface area contributed by atoms with Gasteiger partial charge in [0.1, 0.15) is 0 Å². The standard InChI is InChI=1S/C11H11N5O3S/c1-15-10(13-14-11(15)20-6-9(12)17)7-2-4-8(5-3-7)16(18)19/h2-5H,6H2,1H3,(H2,12,17). The summed E-state index contributed by atoms with van der Waals surface area (Å²) in [6, 6.07) is 6.01. The van der Waals surface area contributed by atoms with E-state index in [1.807, 2.05) is 0 Å². The minimum Gasteiger partial charge on any atom is -0.369 e. The number of hydrogen-bond donors (Lipinski definition) is 1. The molecule has 0 aliphatic heterocycles. The minimum atomic E-state index is -0.464. The number of amides is 1. The van der Waals surface area contributed by atoms with Crippen LogP contribution in [0.15, 0.2) is 29.4 Å². The molecule has 0 saturated heterocycles. The fourth-order valence-corrected chi connectivity index (χ4v) is 2.21. The molecule has 0 aliphatic rings. The van der Waals surface area contributed by atoms with E-state index in [2.05, 4.69) is 10.2 Å². The lowest BCUT2D eigenvalue weighted by Crippen LogP contribution is -2.13. The average molecular weight is 293 g/mol. The number of non-ortho nitro benzene ring substituents is 1. The number of nitrogens with zero attached hydrogens (tertiary/aromatic N) is 4. The Morgan fingerprint density at radius 3 is 2.60 bits per heavy atom. The Kier molecular flexibility index (Phi) is 3.99. The van der Waals surface area contributed by atoms with Crippen LogP contribution in [0.25, 0.3) is 11.4 Å². The largest absolute Gasteiger partial charge is 0.369 e. The van der Waals surface area contributed by atoms with Crippen molar-refractivity contribution in [3.63, 3.8) is 0 Å². The number of rotatable bonds is 5. The highest BCUT2D eigenvalue weighted by atomic mass is 32.2. The van der Waals surface area contributed by atoms with Gasteiger partial charge < -0.3 is 10.3 Å². The number of benzene rings is 1. The molecule has 0 aliphatic carbocycles. The second-order valence-corrected chi connectivity index (χ2v) is 4.87. The molecule has 104 valence electrons. The van der Waals surface area contributed by atoms with E-state index in [1.165, 1.54) is 23.9 Å². The molecule has 20 heavy (non-hydrogen) atoms. The number of primary amides is 1. The number of nitro groups is 1. The number of carbonyl (C=O) groups excluding carboxylic acids is 1. The molecule has 2 aromatic rings. The highest BCUT2D eigenvalue weighted by Gasteiger charge is 2.13. The first-order valence-corrected chi connectivity index (χ1v) is 6.53. The van der Waals surface area contributed by atoms with Gasteiger partial charge in [0.15, 0.2) is 11.0 Å². The fraction of sp³-hybridized carbons (Fsp3) is 0.182. The summed E-state index contributed by atoms with van der Waals surface area (Å²) in [5.41, 5.74) is 5.79. The van der Waals surface area contributed by atoms with E-state index in [0.717, 1.165) is 0 Å². The van der Waals surface area contributed by atoms with E-state index >= 15 is 0 Å². The van der Waals surface area contributed by atoms with Crippen molar-refractivity contribution in [1.29, 1.82) is 0 Å². The van der Waals surface area contributed by atoms with Crippen molar-refractivity contribution in [3.05, 3.63) is 34.4 Å². The summed E-state index contributed by atoms with van der Waals surface area (Å²) < 4.78 is 1.70. The molecule has 1 aromatic carbocycles. The van der Waals surface area contributed by atoms with Crippen LogP contribution in [0.5, 0.6) is 0 Å². The lowest BCUT2D eigenvalue weighted by atomic mass is 10.2. The maximum Gasteiger partial charge on any atom is 0.269 e. The molecular formula is C11H11N5O3S. The van der Waals surface area contributed by atoms with Gasteiger partial charge in [0.2, 0.25) is 5.91 Å². The van der Waals surface area contributed by atoms with Crippen LogP contribution in [0.2, 0.25) is 0 Å².